The highest BCUT2D eigenvalue weighted by Crippen LogP contribution is 2.62. The van der Waals surface area contributed by atoms with Crippen molar-refractivity contribution < 1.29 is 27.9 Å². The maximum Gasteiger partial charge on any atom is 0.440 e. The number of hydrogen-bond acceptors (Lipinski definition) is 7. The van der Waals surface area contributed by atoms with Crippen LogP contribution in [-0.2, 0) is 13.8 Å². The van der Waals surface area contributed by atoms with E-state index in [1.807, 2.05) is 13.8 Å². The van der Waals surface area contributed by atoms with Gasteiger partial charge in [-0.05, 0) is 30.4 Å². The largest absolute Gasteiger partial charge is 0.464 e. The minimum atomic E-state index is -3.61. The quantitative estimate of drug-likeness (QED) is 0.490. The molecule has 0 spiro atoms. The number of methoxy groups -OCH3 is 1. The van der Waals surface area contributed by atoms with Gasteiger partial charge in [0.25, 0.3) is 0 Å². The molecular weight excluding hydrogens is 377 g/mol. The molecule has 1 heterocycles. The van der Waals surface area contributed by atoms with Crippen LogP contribution >= 0.6 is 18.2 Å². The van der Waals surface area contributed by atoms with Gasteiger partial charge in [0.05, 0.1) is 19.2 Å². The molecule has 1 aromatic carbocycles. The van der Waals surface area contributed by atoms with Crippen molar-refractivity contribution in [2.45, 2.75) is 32.9 Å². The van der Waals surface area contributed by atoms with E-state index in [0.717, 1.165) is 11.4 Å². The number of hydrogen-bond donors (Lipinski definition) is 0. The van der Waals surface area contributed by atoms with Gasteiger partial charge in [-0.2, -0.15) is 0 Å². The first kappa shape index (κ1) is 20.6. The van der Waals surface area contributed by atoms with Crippen molar-refractivity contribution in [3.8, 4) is 5.75 Å². The minimum absolute atomic E-state index is 0.0209. The van der Waals surface area contributed by atoms with E-state index in [4.69, 9.17) is 13.8 Å². The highest BCUT2D eigenvalue weighted by atomic mass is 32.7. The van der Waals surface area contributed by atoms with Gasteiger partial charge in [-0.3, -0.25) is 13.9 Å². The lowest BCUT2D eigenvalue weighted by Gasteiger charge is -2.19. The van der Waals surface area contributed by atoms with Crippen LogP contribution in [0.2, 0.25) is 0 Å². The number of nitrogens with zero attached hydrogens (tertiary/aromatic N) is 1. The Balaban J connectivity index is 2.74. The molecule has 0 aliphatic rings. The number of aromatic nitrogens is 1. The van der Waals surface area contributed by atoms with Crippen molar-refractivity contribution >= 4 is 41.0 Å². The van der Waals surface area contributed by atoms with Crippen LogP contribution in [0.5, 0.6) is 5.75 Å². The molecule has 1 atom stereocenters. The third kappa shape index (κ3) is 4.14. The fourth-order valence-electron chi connectivity index (χ4n) is 2.52. The fraction of sp³-hybridized carbons (Fsp3) is 0.412. The van der Waals surface area contributed by atoms with Crippen molar-refractivity contribution in [3.05, 3.63) is 30.0 Å². The average Bonchev–Trinajstić information content (AvgIpc) is 2.88. The Morgan fingerprint density at radius 1 is 1.27 bits per heavy atom. The SMILES string of the molecule is CCOP(=O)(Oc1c(C(=O)OC)n(C(C)=O)c2ccccc12)SC(C)C. The van der Waals surface area contributed by atoms with E-state index >= 15 is 0 Å². The standard InChI is InChI=1S/C17H22NO6PS/c1-6-23-25(21,26-11(2)3)24-16-13-9-7-8-10-14(13)18(12(4)19)15(16)17(20)22-5/h7-11H,6H2,1-5H3. The fourth-order valence-corrected chi connectivity index (χ4v) is 6.32. The van der Waals surface area contributed by atoms with Gasteiger partial charge in [0.1, 0.15) is 0 Å². The minimum Gasteiger partial charge on any atom is -0.464 e. The molecule has 1 aromatic heterocycles. The van der Waals surface area contributed by atoms with E-state index in [1.165, 1.54) is 18.6 Å². The summed E-state index contributed by atoms with van der Waals surface area (Å²) in [6.45, 7) is 3.32. The summed E-state index contributed by atoms with van der Waals surface area (Å²) in [5.74, 6) is -1.13. The monoisotopic (exact) mass is 399 g/mol. The summed E-state index contributed by atoms with van der Waals surface area (Å²) in [5, 5.41) is 0.447. The zero-order valence-corrected chi connectivity index (χ0v) is 17.1. The first-order valence-corrected chi connectivity index (χ1v) is 11.1. The summed E-state index contributed by atoms with van der Waals surface area (Å²) in [6, 6.07) is 6.84. The molecule has 0 N–H and O–H groups in total. The van der Waals surface area contributed by atoms with Crippen LogP contribution in [0, 0.1) is 0 Å². The summed E-state index contributed by atoms with van der Waals surface area (Å²) in [7, 11) is 1.21. The Morgan fingerprint density at radius 2 is 1.92 bits per heavy atom. The van der Waals surface area contributed by atoms with Crippen LogP contribution in [-0.4, -0.2) is 35.4 Å². The molecule has 0 bridgehead atoms. The summed E-state index contributed by atoms with van der Waals surface area (Å²) in [5.41, 5.74) is 0.360. The van der Waals surface area contributed by atoms with Crippen LogP contribution in [0.15, 0.2) is 24.3 Å². The lowest BCUT2D eigenvalue weighted by Crippen LogP contribution is -2.16. The maximum absolute atomic E-state index is 13.2. The van der Waals surface area contributed by atoms with Gasteiger partial charge in [0.2, 0.25) is 5.91 Å². The second-order valence-corrected chi connectivity index (χ2v) is 10.1. The highest BCUT2D eigenvalue weighted by Gasteiger charge is 2.35. The molecule has 0 fully saturated rings. The van der Waals surface area contributed by atoms with Crippen molar-refractivity contribution in [2.75, 3.05) is 13.7 Å². The number of carbonyl (C=O) groups excluding carboxylic acids is 2. The number of rotatable bonds is 7. The Bertz CT molecular complexity index is 876. The molecule has 2 rings (SSSR count). The first-order valence-electron chi connectivity index (χ1n) is 8.09. The summed E-state index contributed by atoms with van der Waals surface area (Å²) >= 11 is 1.04. The van der Waals surface area contributed by atoms with Gasteiger partial charge in [-0.1, -0.05) is 26.0 Å². The zero-order valence-electron chi connectivity index (χ0n) is 15.3. The zero-order chi connectivity index (χ0) is 19.5. The number of para-hydroxylation sites is 1. The molecule has 26 heavy (non-hydrogen) atoms. The van der Waals surface area contributed by atoms with E-state index < -0.39 is 12.8 Å². The Kier molecular flexibility index (Phi) is 6.55. The van der Waals surface area contributed by atoms with E-state index in [0.29, 0.717) is 10.9 Å². The molecule has 0 saturated carbocycles. The van der Waals surface area contributed by atoms with E-state index in [9.17, 15) is 14.2 Å². The van der Waals surface area contributed by atoms with Crippen LogP contribution in [0.25, 0.3) is 10.9 Å². The molecule has 7 nitrogen and oxygen atoms in total. The molecule has 0 amide bonds. The lowest BCUT2D eigenvalue weighted by atomic mass is 10.2. The molecule has 142 valence electrons. The first-order chi connectivity index (χ1) is 12.2. The number of esters is 1. The van der Waals surface area contributed by atoms with Crippen LogP contribution in [0.4, 0.5) is 0 Å². The smallest absolute Gasteiger partial charge is 0.440 e. The van der Waals surface area contributed by atoms with Crippen molar-refractivity contribution in [3.63, 3.8) is 0 Å². The average molecular weight is 399 g/mol. The van der Waals surface area contributed by atoms with Gasteiger partial charge in [0.15, 0.2) is 11.4 Å². The van der Waals surface area contributed by atoms with E-state index in [1.54, 1.807) is 31.2 Å². The van der Waals surface area contributed by atoms with Gasteiger partial charge in [-0.15, -0.1) is 0 Å². The molecule has 2 aromatic rings. The Labute approximate surface area is 156 Å². The third-order valence-corrected chi connectivity index (χ3v) is 7.59. The van der Waals surface area contributed by atoms with Gasteiger partial charge >= 0.3 is 12.8 Å². The predicted molar refractivity (Wildman–Crippen MR) is 102 cm³/mol. The van der Waals surface area contributed by atoms with Crippen molar-refractivity contribution in [1.82, 2.24) is 4.57 Å². The van der Waals surface area contributed by atoms with Gasteiger partial charge in [-0.25, -0.2) is 9.36 Å². The molecule has 0 radical (unpaired) electrons. The van der Waals surface area contributed by atoms with Crippen molar-refractivity contribution in [1.29, 1.82) is 0 Å². The Hall–Kier alpha value is -1.76. The molecule has 1 unspecified atom stereocenters. The van der Waals surface area contributed by atoms with Gasteiger partial charge in [0, 0.05) is 17.6 Å². The molecular formula is C17H22NO6PS. The predicted octanol–water partition coefficient (Wildman–Crippen LogP) is 4.75. The summed E-state index contributed by atoms with van der Waals surface area (Å²) in [6.07, 6.45) is 0. The topological polar surface area (TPSA) is 83.8 Å². The van der Waals surface area contributed by atoms with Crippen LogP contribution < -0.4 is 4.52 Å². The number of ether oxygens (including phenoxy) is 1. The number of fused-ring (bicyclic) bond motifs is 1. The molecule has 9 heteroatoms. The highest BCUT2D eigenvalue weighted by molar-refractivity contribution is 8.55. The van der Waals surface area contributed by atoms with E-state index in [2.05, 4.69) is 0 Å². The van der Waals surface area contributed by atoms with Gasteiger partial charge < -0.3 is 9.26 Å². The molecule has 0 aliphatic heterocycles. The molecule has 0 aliphatic carbocycles. The second-order valence-electron chi connectivity index (χ2n) is 5.65. The van der Waals surface area contributed by atoms with Crippen LogP contribution in [0.3, 0.4) is 0 Å². The number of carbonyl (C=O) groups is 2. The lowest BCUT2D eigenvalue weighted by molar-refractivity contribution is 0.0580. The molecule has 0 saturated heterocycles. The number of benzene rings is 1. The Morgan fingerprint density at radius 3 is 2.46 bits per heavy atom. The summed E-state index contributed by atoms with van der Waals surface area (Å²) < 4.78 is 30.3. The second kappa shape index (κ2) is 8.29. The summed E-state index contributed by atoms with van der Waals surface area (Å²) in [4.78, 5) is 24.6. The van der Waals surface area contributed by atoms with Crippen molar-refractivity contribution in [2.24, 2.45) is 0 Å². The normalized spacial score (nSPS) is 13.6. The third-order valence-electron chi connectivity index (χ3n) is 3.35. The maximum atomic E-state index is 13.2. The van der Waals surface area contributed by atoms with Crippen LogP contribution in [0.1, 0.15) is 43.0 Å². The van der Waals surface area contributed by atoms with E-state index in [-0.39, 0.29) is 29.2 Å².